The molecule has 2 aromatic heterocycles. The van der Waals surface area contributed by atoms with Crippen molar-refractivity contribution in [2.45, 2.75) is 18.8 Å². The van der Waals surface area contributed by atoms with Gasteiger partial charge in [-0.2, -0.15) is 0 Å². The van der Waals surface area contributed by atoms with E-state index in [4.69, 9.17) is 5.11 Å². The number of hydrogen-bond donors (Lipinski definition) is 1. The van der Waals surface area contributed by atoms with Gasteiger partial charge in [-0.1, -0.05) is 0 Å². The molecule has 3 rings (SSSR count). The summed E-state index contributed by atoms with van der Waals surface area (Å²) in [6.07, 6.45) is 2.79. The minimum absolute atomic E-state index is 0.388. The monoisotopic (exact) mass is 262 g/mol. The Morgan fingerprint density at radius 1 is 1.39 bits per heavy atom. The van der Waals surface area contributed by atoms with Crippen molar-refractivity contribution in [1.82, 2.24) is 9.88 Å². The normalized spacial score (nSPS) is 17.2. The van der Waals surface area contributed by atoms with Crippen LogP contribution in [-0.4, -0.2) is 34.2 Å². The van der Waals surface area contributed by atoms with Crippen LogP contribution in [0.25, 0.3) is 10.1 Å². The number of piperidine rings is 1. The van der Waals surface area contributed by atoms with Crippen LogP contribution < -0.4 is 0 Å². The van der Waals surface area contributed by atoms with Crippen molar-refractivity contribution in [2.75, 3.05) is 13.1 Å². The van der Waals surface area contributed by atoms with E-state index in [1.807, 2.05) is 12.3 Å². The van der Waals surface area contributed by atoms with Crippen LogP contribution in [0.15, 0.2) is 23.7 Å². The van der Waals surface area contributed by atoms with Gasteiger partial charge in [0.15, 0.2) is 0 Å². The molecule has 3 heterocycles. The Morgan fingerprint density at radius 2 is 2.17 bits per heavy atom. The molecule has 1 fully saturated rings. The summed E-state index contributed by atoms with van der Waals surface area (Å²) in [6.45, 7) is 1.23. The smallest absolute Gasteiger partial charge is 0.407 e. The van der Waals surface area contributed by atoms with E-state index in [0.717, 1.165) is 18.5 Å². The molecule has 1 amide bonds. The van der Waals surface area contributed by atoms with Gasteiger partial charge in [0, 0.05) is 35.3 Å². The second kappa shape index (κ2) is 4.57. The zero-order valence-electron chi connectivity index (χ0n) is 9.87. The lowest BCUT2D eigenvalue weighted by molar-refractivity contribution is 0.132. The van der Waals surface area contributed by atoms with Crippen molar-refractivity contribution in [2.24, 2.45) is 0 Å². The molecule has 1 aliphatic heterocycles. The van der Waals surface area contributed by atoms with E-state index < -0.39 is 6.09 Å². The molecule has 0 saturated carbocycles. The molecule has 1 saturated heterocycles. The Balaban J connectivity index is 1.84. The maximum absolute atomic E-state index is 10.9. The number of carboxylic acid groups (broad SMARTS) is 1. The summed E-state index contributed by atoms with van der Waals surface area (Å²) in [6, 6.07) is 4.15. The molecule has 1 aliphatic rings. The van der Waals surface area contributed by atoms with Gasteiger partial charge >= 0.3 is 6.09 Å². The second-order valence-electron chi connectivity index (χ2n) is 4.57. The van der Waals surface area contributed by atoms with Crippen LogP contribution in [0.5, 0.6) is 0 Å². The zero-order chi connectivity index (χ0) is 12.5. The SMILES string of the molecule is O=C(O)N1CCC(c2nccc3sccc23)CC1. The topological polar surface area (TPSA) is 53.4 Å². The summed E-state index contributed by atoms with van der Waals surface area (Å²) in [5.41, 5.74) is 1.14. The summed E-state index contributed by atoms with van der Waals surface area (Å²) in [7, 11) is 0. The van der Waals surface area contributed by atoms with Gasteiger partial charge in [-0.3, -0.25) is 4.98 Å². The van der Waals surface area contributed by atoms with E-state index in [1.54, 1.807) is 11.3 Å². The maximum Gasteiger partial charge on any atom is 0.407 e. The van der Waals surface area contributed by atoms with E-state index in [-0.39, 0.29) is 0 Å². The molecule has 0 aliphatic carbocycles. The molecular formula is C13H14N2O2S. The van der Waals surface area contributed by atoms with Crippen LogP contribution in [0.2, 0.25) is 0 Å². The van der Waals surface area contributed by atoms with Gasteiger partial charge < -0.3 is 10.0 Å². The number of fused-ring (bicyclic) bond motifs is 1. The lowest BCUT2D eigenvalue weighted by Gasteiger charge is -2.29. The number of nitrogens with zero attached hydrogens (tertiary/aromatic N) is 2. The predicted molar refractivity (Wildman–Crippen MR) is 71.2 cm³/mol. The van der Waals surface area contributed by atoms with Crippen LogP contribution in [0.3, 0.4) is 0 Å². The van der Waals surface area contributed by atoms with Gasteiger partial charge in [0.2, 0.25) is 0 Å². The highest BCUT2D eigenvalue weighted by atomic mass is 32.1. The van der Waals surface area contributed by atoms with Crippen LogP contribution >= 0.6 is 11.3 Å². The van der Waals surface area contributed by atoms with Gasteiger partial charge in [0.25, 0.3) is 0 Å². The van der Waals surface area contributed by atoms with Crippen LogP contribution in [0, 0.1) is 0 Å². The van der Waals surface area contributed by atoms with Crippen LogP contribution in [-0.2, 0) is 0 Å². The molecule has 4 nitrogen and oxygen atoms in total. The van der Waals surface area contributed by atoms with Crippen LogP contribution in [0.1, 0.15) is 24.5 Å². The molecule has 0 aromatic carbocycles. The first-order valence-corrected chi connectivity index (χ1v) is 6.93. The number of hydrogen-bond acceptors (Lipinski definition) is 3. The molecule has 0 unspecified atom stereocenters. The van der Waals surface area contributed by atoms with Crippen LogP contribution in [0.4, 0.5) is 4.79 Å². The zero-order valence-corrected chi connectivity index (χ0v) is 10.7. The van der Waals surface area contributed by atoms with E-state index in [0.29, 0.717) is 19.0 Å². The fourth-order valence-electron chi connectivity index (χ4n) is 2.59. The Hall–Kier alpha value is -1.62. The molecule has 94 valence electrons. The van der Waals surface area contributed by atoms with E-state index in [1.165, 1.54) is 15.0 Å². The fraction of sp³-hybridized carbons (Fsp3) is 0.385. The number of thiophene rings is 1. The second-order valence-corrected chi connectivity index (χ2v) is 5.52. The third-order valence-corrected chi connectivity index (χ3v) is 4.44. The number of aromatic nitrogens is 1. The first kappa shape index (κ1) is 11.5. The summed E-state index contributed by atoms with van der Waals surface area (Å²) in [5.74, 6) is 0.388. The quantitative estimate of drug-likeness (QED) is 0.859. The van der Waals surface area contributed by atoms with E-state index in [2.05, 4.69) is 16.4 Å². The fourth-order valence-corrected chi connectivity index (χ4v) is 3.38. The average molecular weight is 262 g/mol. The van der Waals surface area contributed by atoms with Gasteiger partial charge in [0.05, 0.1) is 5.69 Å². The predicted octanol–water partition coefficient (Wildman–Crippen LogP) is 3.15. The van der Waals surface area contributed by atoms with Crippen molar-refractivity contribution in [1.29, 1.82) is 0 Å². The van der Waals surface area contributed by atoms with E-state index in [9.17, 15) is 4.79 Å². The van der Waals surface area contributed by atoms with Crippen molar-refractivity contribution in [3.8, 4) is 0 Å². The molecule has 18 heavy (non-hydrogen) atoms. The van der Waals surface area contributed by atoms with Gasteiger partial charge in [-0.25, -0.2) is 4.79 Å². The van der Waals surface area contributed by atoms with Crippen molar-refractivity contribution >= 4 is 27.5 Å². The summed E-state index contributed by atoms with van der Waals surface area (Å²) < 4.78 is 1.26. The molecule has 5 heteroatoms. The average Bonchev–Trinajstić information content (AvgIpc) is 2.87. The number of likely N-dealkylation sites (tertiary alicyclic amines) is 1. The third kappa shape index (κ3) is 1.95. The molecule has 0 bridgehead atoms. The van der Waals surface area contributed by atoms with E-state index >= 15 is 0 Å². The van der Waals surface area contributed by atoms with Gasteiger partial charge in [-0.15, -0.1) is 11.3 Å². The first-order chi connectivity index (χ1) is 8.75. The van der Waals surface area contributed by atoms with Crippen molar-refractivity contribution in [3.63, 3.8) is 0 Å². The Kier molecular flexibility index (Phi) is 2.91. The summed E-state index contributed by atoms with van der Waals surface area (Å²) >= 11 is 1.73. The first-order valence-electron chi connectivity index (χ1n) is 6.05. The minimum atomic E-state index is -0.810. The summed E-state index contributed by atoms with van der Waals surface area (Å²) in [4.78, 5) is 16.9. The molecule has 0 spiro atoms. The molecule has 2 aromatic rings. The molecule has 0 atom stereocenters. The Labute approximate surface area is 109 Å². The lowest BCUT2D eigenvalue weighted by atomic mass is 9.91. The molecule has 1 N–H and O–H groups in total. The van der Waals surface area contributed by atoms with Crippen molar-refractivity contribution < 1.29 is 9.90 Å². The highest BCUT2D eigenvalue weighted by Gasteiger charge is 2.25. The number of pyridine rings is 1. The van der Waals surface area contributed by atoms with Gasteiger partial charge in [0.1, 0.15) is 0 Å². The standard InChI is InChI=1S/C13H14N2O2S/c16-13(17)15-6-2-9(3-7-15)12-10-4-8-18-11(10)1-5-14-12/h1,4-5,8-9H,2-3,6-7H2,(H,16,17). The van der Waals surface area contributed by atoms with Gasteiger partial charge in [-0.05, 0) is 30.4 Å². The highest BCUT2D eigenvalue weighted by molar-refractivity contribution is 7.17. The maximum atomic E-state index is 10.9. The summed E-state index contributed by atoms with van der Waals surface area (Å²) in [5, 5.41) is 12.3. The molecular weight excluding hydrogens is 248 g/mol. The largest absolute Gasteiger partial charge is 0.465 e. The third-order valence-electron chi connectivity index (χ3n) is 3.56. The minimum Gasteiger partial charge on any atom is -0.465 e. The highest BCUT2D eigenvalue weighted by Crippen LogP contribution is 2.33. The van der Waals surface area contributed by atoms with Crippen molar-refractivity contribution in [3.05, 3.63) is 29.4 Å². The lowest BCUT2D eigenvalue weighted by Crippen LogP contribution is -2.36. The number of rotatable bonds is 1. The molecule has 0 radical (unpaired) electrons. The number of amides is 1. The number of carbonyl (C=O) groups is 1. The Bertz CT molecular complexity index is 573. The Morgan fingerprint density at radius 3 is 2.89 bits per heavy atom.